The number of halogens is 3. The van der Waals surface area contributed by atoms with Crippen LogP contribution in [0.3, 0.4) is 0 Å². The van der Waals surface area contributed by atoms with E-state index in [1.54, 1.807) is 24.3 Å². The predicted octanol–water partition coefficient (Wildman–Crippen LogP) is 4.17. The molecule has 1 amide bonds. The van der Waals surface area contributed by atoms with Crippen molar-refractivity contribution in [3.8, 4) is 0 Å². The Balaban J connectivity index is 2.10. The summed E-state index contributed by atoms with van der Waals surface area (Å²) in [5.74, 6) is -1.03. The second kappa shape index (κ2) is 6.17. The first kappa shape index (κ1) is 14.0. The third-order valence-corrected chi connectivity index (χ3v) is 3.43. The van der Waals surface area contributed by atoms with E-state index in [0.717, 1.165) is 5.56 Å². The van der Waals surface area contributed by atoms with Gasteiger partial charge in [0, 0.05) is 16.0 Å². The topological polar surface area (TPSA) is 29.1 Å². The van der Waals surface area contributed by atoms with E-state index < -0.39 is 11.7 Å². The van der Waals surface area contributed by atoms with Crippen LogP contribution >= 0.6 is 27.5 Å². The predicted molar refractivity (Wildman–Crippen MR) is 76.7 cm³/mol. The Bertz CT molecular complexity index is 598. The Morgan fingerprint density at radius 1 is 1.26 bits per heavy atom. The fourth-order valence-corrected chi connectivity index (χ4v) is 2.37. The molecule has 0 radical (unpaired) electrons. The quantitative estimate of drug-likeness (QED) is 0.891. The molecule has 2 aromatic rings. The Kier molecular flexibility index (Phi) is 4.56. The molecule has 2 nitrogen and oxygen atoms in total. The molecule has 0 atom stereocenters. The van der Waals surface area contributed by atoms with E-state index in [0.29, 0.717) is 16.0 Å². The van der Waals surface area contributed by atoms with Gasteiger partial charge in [0.1, 0.15) is 5.82 Å². The minimum absolute atomic E-state index is 0.00419. The van der Waals surface area contributed by atoms with Gasteiger partial charge in [-0.2, -0.15) is 0 Å². The van der Waals surface area contributed by atoms with Crippen molar-refractivity contribution in [1.29, 1.82) is 0 Å². The zero-order valence-corrected chi connectivity index (χ0v) is 12.1. The van der Waals surface area contributed by atoms with Crippen molar-refractivity contribution in [1.82, 2.24) is 5.32 Å². The fourth-order valence-electron chi connectivity index (χ4n) is 1.63. The van der Waals surface area contributed by atoms with E-state index in [1.807, 2.05) is 6.07 Å². The van der Waals surface area contributed by atoms with Gasteiger partial charge >= 0.3 is 0 Å². The van der Waals surface area contributed by atoms with Crippen molar-refractivity contribution < 1.29 is 9.18 Å². The van der Waals surface area contributed by atoms with Crippen LogP contribution in [0.1, 0.15) is 15.9 Å². The SMILES string of the molecule is O=C(NCc1cccc(Cl)c1)c1c(F)cccc1Br. The lowest BCUT2D eigenvalue weighted by Gasteiger charge is -2.08. The van der Waals surface area contributed by atoms with Crippen LogP contribution in [-0.4, -0.2) is 5.91 Å². The molecule has 0 heterocycles. The molecule has 0 bridgehead atoms. The lowest BCUT2D eigenvalue weighted by atomic mass is 10.2. The maximum Gasteiger partial charge on any atom is 0.255 e. The number of hydrogen-bond donors (Lipinski definition) is 1. The van der Waals surface area contributed by atoms with Crippen LogP contribution in [0, 0.1) is 5.82 Å². The van der Waals surface area contributed by atoms with Crippen LogP contribution in [0.4, 0.5) is 4.39 Å². The minimum Gasteiger partial charge on any atom is -0.348 e. The highest BCUT2D eigenvalue weighted by Crippen LogP contribution is 2.19. The number of benzene rings is 2. The average Bonchev–Trinajstić information content (AvgIpc) is 2.36. The summed E-state index contributed by atoms with van der Waals surface area (Å²) in [6.45, 7) is 0.292. The van der Waals surface area contributed by atoms with Crippen LogP contribution in [0.15, 0.2) is 46.9 Å². The molecule has 0 aromatic heterocycles. The Morgan fingerprint density at radius 2 is 2.00 bits per heavy atom. The summed E-state index contributed by atoms with van der Waals surface area (Å²) >= 11 is 9.01. The molecule has 2 rings (SSSR count). The molecular formula is C14H10BrClFNO. The largest absolute Gasteiger partial charge is 0.348 e. The Hall–Kier alpha value is -1.39. The minimum atomic E-state index is -0.557. The summed E-state index contributed by atoms with van der Waals surface area (Å²) in [5, 5.41) is 3.25. The first-order valence-corrected chi connectivity index (χ1v) is 6.71. The molecule has 0 aliphatic carbocycles. The second-order valence-electron chi connectivity index (χ2n) is 3.91. The van der Waals surface area contributed by atoms with Gasteiger partial charge in [-0.05, 0) is 45.8 Å². The highest BCUT2D eigenvalue weighted by Gasteiger charge is 2.14. The maximum absolute atomic E-state index is 13.6. The van der Waals surface area contributed by atoms with Crippen LogP contribution in [-0.2, 0) is 6.54 Å². The first-order valence-electron chi connectivity index (χ1n) is 5.54. The molecule has 0 saturated heterocycles. The summed E-state index contributed by atoms with van der Waals surface area (Å²) in [5.41, 5.74) is 0.859. The molecule has 5 heteroatoms. The van der Waals surface area contributed by atoms with Gasteiger partial charge in [0.15, 0.2) is 0 Å². The summed E-state index contributed by atoms with van der Waals surface area (Å²) in [6.07, 6.45) is 0. The third kappa shape index (κ3) is 3.55. The average molecular weight is 343 g/mol. The van der Waals surface area contributed by atoms with Gasteiger partial charge in [0.25, 0.3) is 5.91 Å². The first-order chi connectivity index (χ1) is 9.08. The lowest BCUT2D eigenvalue weighted by molar-refractivity contribution is 0.0946. The lowest BCUT2D eigenvalue weighted by Crippen LogP contribution is -2.24. The van der Waals surface area contributed by atoms with Gasteiger partial charge in [-0.15, -0.1) is 0 Å². The number of hydrogen-bond acceptors (Lipinski definition) is 1. The number of carbonyl (C=O) groups is 1. The molecule has 1 N–H and O–H groups in total. The van der Waals surface area contributed by atoms with Crippen molar-refractivity contribution in [2.24, 2.45) is 0 Å². The summed E-state index contributed by atoms with van der Waals surface area (Å²) in [7, 11) is 0. The van der Waals surface area contributed by atoms with E-state index >= 15 is 0 Å². The van der Waals surface area contributed by atoms with E-state index in [1.165, 1.54) is 12.1 Å². The molecule has 19 heavy (non-hydrogen) atoms. The van der Waals surface area contributed by atoms with E-state index in [2.05, 4.69) is 21.2 Å². The Morgan fingerprint density at radius 3 is 2.68 bits per heavy atom. The monoisotopic (exact) mass is 341 g/mol. The molecule has 0 fully saturated rings. The molecule has 2 aromatic carbocycles. The second-order valence-corrected chi connectivity index (χ2v) is 5.20. The number of carbonyl (C=O) groups excluding carboxylic acids is 1. The van der Waals surface area contributed by atoms with Gasteiger partial charge in [-0.25, -0.2) is 4.39 Å². The summed E-state index contributed by atoms with van der Waals surface area (Å²) < 4.78 is 14.0. The van der Waals surface area contributed by atoms with Crippen molar-refractivity contribution >= 4 is 33.4 Å². The van der Waals surface area contributed by atoms with E-state index in [4.69, 9.17) is 11.6 Å². The molecule has 0 aliphatic heterocycles. The third-order valence-electron chi connectivity index (χ3n) is 2.53. The van der Waals surface area contributed by atoms with Crippen LogP contribution in [0.2, 0.25) is 5.02 Å². The van der Waals surface area contributed by atoms with Crippen LogP contribution in [0.5, 0.6) is 0 Å². The van der Waals surface area contributed by atoms with Gasteiger partial charge < -0.3 is 5.32 Å². The Labute approximate surface area is 123 Å². The highest BCUT2D eigenvalue weighted by molar-refractivity contribution is 9.10. The molecule has 0 saturated carbocycles. The van der Waals surface area contributed by atoms with E-state index in [9.17, 15) is 9.18 Å². The molecule has 0 unspecified atom stereocenters. The normalized spacial score (nSPS) is 10.3. The van der Waals surface area contributed by atoms with Crippen molar-refractivity contribution in [2.75, 3.05) is 0 Å². The van der Waals surface area contributed by atoms with Crippen molar-refractivity contribution in [3.05, 3.63) is 68.9 Å². The summed E-state index contributed by atoms with van der Waals surface area (Å²) in [6, 6.07) is 11.5. The van der Waals surface area contributed by atoms with Gasteiger partial charge in [0.2, 0.25) is 0 Å². The number of nitrogens with one attached hydrogen (secondary N) is 1. The molecular weight excluding hydrogens is 333 g/mol. The zero-order valence-electron chi connectivity index (χ0n) is 9.79. The van der Waals surface area contributed by atoms with E-state index in [-0.39, 0.29) is 5.56 Å². The van der Waals surface area contributed by atoms with Crippen LogP contribution < -0.4 is 5.32 Å². The smallest absolute Gasteiger partial charge is 0.255 e. The standard InChI is InChI=1S/C14H10BrClFNO/c15-11-5-2-6-12(17)13(11)14(19)18-8-9-3-1-4-10(16)7-9/h1-7H,8H2,(H,18,19). The van der Waals surface area contributed by atoms with Crippen molar-refractivity contribution in [2.45, 2.75) is 6.54 Å². The molecule has 0 spiro atoms. The maximum atomic E-state index is 13.6. The zero-order chi connectivity index (χ0) is 13.8. The molecule has 0 aliphatic rings. The van der Waals surface area contributed by atoms with Crippen molar-refractivity contribution in [3.63, 3.8) is 0 Å². The van der Waals surface area contributed by atoms with Crippen LogP contribution in [0.25, 0.3) is 0 Å². The fraction of sp³-hybridized carbons (Fsp3) is 0.0714. The van der Waals surface area contributed by atoms with Gasteiger partial charge in [-0.3, -0.25) is 4.79 Å². The number of rotatable bonds is 3. The highest BCUT2D eigenvalue weighted by atomic mass is 79.9. The van der Waals surface area contributed by atoms with Gasteiger partial charge in [0.05, 0.1) is 5.56 Å². The van der Waals surface area contributed by atoms with Gasteiger partial charge in [-0.1, -0.05) is 29.8 Å². The summed E-state index contributed by atoms with van der Waals surface area (Å²) in [4.78, 5) is 11.9. The number of amides is 1. The molecule has 98 valence electrons.